The van der Waals surface area contributed by atoms with Gasteiger partial charge in [-0.25, -0.2) is 0 Å². The van der Waals surface area contributed by atoms with Crippen LogP contribution >= 0.6 is 22.7 Å². The van der Waals surface area contributed by atoms with E-state index in [9.17, 15) is 0 Å². The lowest BCUT2D eigenvalue weighted by molar-refractivity contribution is -0.0991. The first-order valence-corrected chi connectivity index (χ1v) is 15.3. The Kier molecular flexibility index (Phi) is 11.4. The van der Waals surface area contributed by atoms with Crippen LogP contribution < -0.4 is 9.47 Å². The summed E-state index contributed by atoms with van der Waals surface area (Å²) in [5, 5.41) is 2.22. The van der Waals surface area contributed by atoms with Gasteiger partial charge >= 0.3 is 0 Å². The third kappa shape index (κ3) is 7.70. The fraction of sp³-hybridized carbons (Fsp3) is 0.724. The van der Waals surface area contributed by atoms with Crippen molar-refractivity contribution in [2.75, 3.05) is 26.4 Å². The zero-order valence-corrected chi connectivity index (χ0v) is 24.4. The van der Waals surface area contributed by atoms with E-state index in [1.54, 1.807) is 22.7 Å². The van der Waals surface area contributed by atoms with Gasteiger partial charge in [-0.15, -0.1) is 22.7 Å². The Labute approximate surface area is 221 Å². The summed E-state index contributed by atoms with van der Waals surface area (Å²) in [4.78, 5) is 3.64. The maximum atomic E-state index is 6.60. The topological polar surface area (TPSA) is 36.9 Å². The molecule has 0 saturated carbocycles. The minimum Gasteiger partial charge on any atom is -0.488 e. The Balaban J connectivity index is 1.79. The van der Waals surface area contributed by atoms with E-state index in [1.165, 1.54) is 45.9 Å². The zero-order valence-electron chi connectivity index (χ0n) is 22.7. The summed E-state index contributed by atoms with van der Waals surface area (Å²) in [5.74, 6) is 1.79. The molecule has 0 aliphatic carbocycles. The molecule has 0 saturated heterocycles. The van der Waals surface area contributed by atoms with Gasteiger partial charge in [0.15, 0.2) is 11.5 Å². The highest BCUT2D eigenvalue weighted by Crippen LogP contribution is 2.50. The standard InChI is InChI=1S/C29H46O4S2/c1-7-11-13-24(9-3)30-17-29(18-31-25(10-4)14-12-8-2)19-32-26-22(6)35-28(27(26)33-20-29)23-15-21(5)34-16-23/h15-16,24-25H,7-14,17-20H2,1-6H3. The van der Waals surface area contributed by atoms with Crippen molar-refractivity contribution in [3.05, 3.63) is 21.2 Å². The third-order valence-corrected chi connectivity index (χ3v) is 8.92. The molecular weight excluding hydrogens is 476 g/mol. The normalized spacial score (nSPS) is 19.5. The number of rotatable bonds is 15. The molecule has 2 aromatic heterocycles. The molecule has 2 unspecified atom stereocenters. The molecule has 3 rings (SSSR count). The minimum atomic E-state index is -0.329. The molecule has 0 N–H and O–H groups in total. The molecule has 0 bridgehead atoms. The van der Waals surface area contributed by atoms with Crippen LogP contribution in [0.5, 0.6) is 11.5 Å². The highest BCUT2D eigenvalue weighted by molar-refractivity contribution is 7.17. The summed E-state index contributed by atoms with van der Waals surface area (Å²) < 4.78 is 26.2. The van der Waals surface area contributed by atoms with Gasteiger partial charge in [-0.3, -0.25) is 0 Å². The molecule has 0 fully saturated rings. The van der Waals surface area contributed by atoms with Crippen LogP contribution in [0.25, 0.3) is 10.4 Å². The minimum absolute atomic E-state index is 0.275. The fourth-order valence-corrected chi connectivity index (χ4v) is 6.32. The summed E-state index contributed by atoms with van der Waals surface area (Å²) in [6.45, 7) is 15.5. The molecule has 1 aliphatic rings. The largest absolute Gasteiger partial charge is 0.488 e. The summed E-state index contributed by atoms with van der Waals surface area (Å²) in [6.07, 6.45) is 9.60. The van der Waals surface area contributed by atoms with E-state index in [4.69, 9.17) is 18.9 Å². The van der Waals surface area contributed by atoms with Gasteiger partial charge < -0.3 is 18.9 Å². The molecule has 198 valence electrons. The average molecular weight is 523 g/mol. The molecule has 0 aromatic carbocycles. The zero-order chi connectivity index (χ0) is 25.3. The van der Waals surface area contributed by atoms with Gasteiger partial charge in [-0.1, -0.05) is 53.4 Å². The maximum Gasteiger partial charge on any atom is 0.180 e. The number of unbranched alkanes of at least 4 members (excludes halogenated alkanes) is 2. The second-order valence-corrected chi connectivity index (χ2v) is 12.5. The monoisotopic (exact) mass is 522 g/mol. The van der Waals surface area contributed by atoms with Crippen LogP contribution in [0.2, 0.25) is 0 Å². The number of thiophene rings is 2. The molecule has 3 heterocycles. The molecule has 0 radical (unpaired) electrons. The molecule has 6 heteroatoms. The summed E-state index contributed by atoms with van der Waals surface area (Å²) in [5.41, 5.74) is 0.895. The van der Waals surface area contributed by atoms with E-state index in [0.717, 1.165) is 37.2 Å². The number of fused-ring (bicyclic) bond motifs is 1. The van der Waals surface area contributed by atoms with E-state index in [2.05, 4.69) is 53.0 Å². The quantitative estimate of drug-likeness (QED) is 0.234. The van der Waals surface area contributed by atoms with Crippen molar-refractivity contribution in [1.82, 2.24) is 0 Å². The van der Waals surface area contributed by atoms with E-state index >= 15 is 0 Å². The van der Waals surface area contributed by atoms with Gasteiger partial charge in [0.05, 0.1) is 35.7 Å². The highest BCUT2D eigenvalue weighted by Gasteiger charge is 2.39. The van der Waals surface area contributed by atoms with Crippen LogP contribution in [0.4, 0.5) is 0 Å². The SMILES string of the molecule is CCCCC(CC)OCC1(COC(CC)CCCC)COc2c(C)sc(-c3csc(C)c3)c2OC1. The van der Waals surface area contributed by atoms with Crippen molar-refractivity contribution in [1.29, 1.82) is 0 Å². The second kappa shape index (κ2) is 14.0. The third-order valence-electron chi connectivity index (χ3n) is 6.95. The molecule has 4 nitrogen and oxygen atoms in total. The van der Waals surface area contributed by atoms with Gasteiger partial charge in [0.25, 0.3) is 0 Å². The highest BCUT2D eigenvalue weighted by atomic mass is 32.1. The molecular formula is C29H46O4S2. The van der Waals surface area contributed by atoms with Crippen molar-refractivity contribution in [3.8, 4) is 21.9 Å². The van der Waals surface area contributed by atoms with E-state index in [1.807, 2.05) is 0 Å². The van der Waals surface area contributed by atoms with Gasteiger partial charge in [0.2, 0.25) is 0 Å². The van der Waals surface area contributed by atoms with Crippen molar-refractivity contribution in [2.24, 2.45) is 5.41 Å². The first-order valence-electron chi connectivity index (χ1n) is 13.6. The lowest BCUT2D eigenvalue weighted by Gasteiger charge is -2.34. The van der Waals surface area contributed by atoms with Crippen molar-refractivity contribution < 1.29 is 18.9 Å². The Morgan fingerprint density at radius 1 is 0.886 bits per heavy atom. The lowest BCUT2D eigenvalue weighted by Crippen LogP contribution is -2.44. The molecule has 35 heavy (non-hydrogen) atoms. The molecule has 1 aliphatic heterocycles. The first kappa shape index (κ1) is 28.5. The Morgan fingerprint density at radius 3 is 1.94 bits per heavy atom. The van der Waals surface area contributed by atoms with Crippen LogP contribution in [-0.4, -0.2) is 38.6 Å². The van der Waals surface area contributed by atoms with E-state index in [-0.39, 0.29) is 17.6 Å². The summed E-state index contributed by atoms with van der Waals surface area (Å²) in [6, 6.07) is 2.24. The Bertz CT molecular complexity index is 867. The Hall–Kier alpha value is -1.08. The first-order chi connectivity index (χ1) is 16.9. The maximum absolute atomic E-state index is 6.60. The van der Waals surface area contributed by atoms with Gasteiger partial charge in [-0.2, -0.15) is 0 Å². The van der Waals surface area contributed by atoms with Crippen LogP contribution in [0.3, 0.4) is 0 Å². The lowest BCUT2D eigenvalue weighted by atomic mass is 9.91. The second-order valence-electron chi connectivity index (χ2n) is 10.1. The smallest absolute Gasteiger partial charge is 0.180 e. The van der Waals surface area contributed by atoms with Crippen molar-refractivity contribution >= 4 is 22.7 Å². The fourth-order valence-electron chi connectivity index (χ4n) is 4.52. The van der Waals surface area contributed by atoms with Crippen LogP contribution in [0, 0.1) is 19.3 Å². The number of hydrogen-bond acceptors (Lipinski definition) is 6. The van der Waals surface area contributed by atoms with Gasteiger partial charge in [0.1, 0.15) is 13.2 Å². The number of ether oxygens (including phenoxy) is 4. The van der Waals surface area contributed by atoms with Crippen LogP contribution in [0.15, 0.2) is 11.4 Å². The molecule has 0 amide bonds. The Morgan fingerprint density at radius 2 is 1.46 bits per heavy atom. The predicted octanol–water partition coefficient (Wildman–Crippen LogP) is 8.82. The summed E-state index contributed by atoms with van der Waals surface area (Å²) >= 11 is 3.54. The van der Waals surface area contributed by atoms with Crippen LogP contribution in [-0.2, 0) is 9.47 Å². The van der Waals surface area contributed by atoms with Crippen molar-refractivity contribution in [3.63, 3.8) is 0 Å². The number of hydrogen-bond donors (Lipinski definition) is 0. The van der Waals surface area contributed by atoms with Crippen LogP contribution in [0.1, 0.15) is 88.8 Å². The van der Waals surface area contributed by atoms with E-state index in [0.29, 0.717) is 26.4 Å². The summed E-state index contributed by atoms with van der Waals surface area (Å²) in [7, 11) is 0. The number of aryl methyl sites for hydroxylation is 2. The molecule has 0 spiro atoms. The average Bonchev–Trinajstić information content (AvgIpc) is 3.37. The predicted molar refractivity (Wildman–Crippen MR) is 150 cm³/mol. The van der Waals surface area contributed by atoms with Gasteiger partial charge in [0, 0.05) is 15.3 Å². The molecule has 2 atom stereocenters. The van der Waals surface area contributed by atoms with Crippen molar-refractivity contribution in [2.45, 2.75) is 105 Å². The van der Waals surface area contributed by atoms with Gasteiger partial charge in [-0.05, 0) is 51.0 Å². The molecule has 2 aromatic rings. The van der Waals surface area contributed by atoms with E-state index < -0.39 is 0 Å².